The molecule has 0 radical (unpaired) electrons. The number of Topliss-reactive ketones (excluding diaryl/α,β-unsaturated/α-hetero) is 1. The van der Waals surface area contributed by atoms with E-state index in [9.17, 15) is 29.6 Å². The Bertz CT molecular complexity index is 1230. The van der Waals surface area contributed by atoms with Crippen LogP contribution in [0.25, 0.3) is 5.76 Å². The molecule has 11 heteroatoms. The van der Waals surface area contributed by atoms with Gasteiger partial charge in [0.25, 0.3) is 17.4 Å². The fourth-order valence-electron chi connectivity index (χ4n) is 4.57. The van der Waals surface area contributed by atoms with Crippen molar-refractivity contribution in [2.75, 3.05) is 33.3 Å². The maximum atomic E-state index is 13.3. The van der Waals surface area contributed by atoms with Crippen molar-refractivity contribution in [3.05, 3.63) is 68.0 Å². The number of carbonyl (C=O) groups excluding carboxylic acids is 3. The first-order valence-electron chi connectivity index (χ1n) is 11.6. The lowest BCUT2D eigenvalue weighted by Gasteiger charge is -2.28. The molecule has 1 atom stereocenters. The Morgan fingerprint density at radius 2 is 1.81 bits per heavy atom. The summed E-state index contributed by atoms with van der Waals surface area (Å²) in [6, 6.07) is 4.58. The number of hydrogen-bond donors (Lipinski definition) is 2. The van der Waals surface area contributed by atoms with E-state index in [2.05, 4.69) is 9.88 Å². The number of esters is 1. The average Bonchev–Trinajstić information content (AvgIpc) is 3.30. The number of ketones is 1. The van der Waals surface area contributed by atoms with Crippen LogP contribution in [0.1, 0.15) is 52.8 Å². The molecule has 1 aliphatic heterocycles. The number of aromatic amines is 1. The third-order valence-electron chi connectivity index (χ3n) is 6.57. The Labute approximate surface area is 208 Å². The van der Waals surface area contributed by atoms with Crippen LogP contribution in [0.4, 0.5) is 5.69 Å². The van der Waals surface area contributed by atoms with Gasteiger partial charge in [-0.25, -0.2) is 4.79 Å². The first kappa shape index (κ1) is 26.6. The molecule has 1 amide bonds. The number of rotatable bonds is 9. The molecular weight excluding hydrogens is 468 g/mol. The van der Waals surface area contributed by atoms with Gasteiger partial charge >= 0.3 is 5.97 Å². The van der Waals surface area contributed by atoms with Crippen molar-refractivity contribution >= 4 is 29.1 Å². The number of nitro benzene ring substituents is 1. The van der Waals surface area contributed by atoms with Crippen LogP contribution < -0.4 is 0 Å². The molecule has 0 bridgehead atoms. The van der Waals surface area contributed by atoms with E-state index in [1.54, 1.807) is 13.8 Å². The number of aromatic nitrogens is 1. The lowest BCUT2D eigenvalue weighted by atomic mass is 9.94. The molecule has 2 heterocycles. The molecule has 1 aromatic heterocycles. The first-order valence-corrected chi connectivity index (χ1v) is 11.6. The van der Waals surface area contributed by atoms with Crippen molar-refractivity contribution in [2.45, 2.75) is 33.7 Å². The second-order valence-electron chi connectivity index (χ2n) is 8.48. The molecule has 2 aromatic rings. The van der Waals surface area contributed by atoms with Crippen LogP contribution in [0.15, 0.2) is 29.8 Å². The molecule has 0 aliphatic carbocycles. The zero-order valence-electron chi connectivity index (χ0n) is 21.0. The van der Waals surface area contributed by atoms with Crippen molar-refractivity contribution in [1.29, 1.82) is 0 Å². The number of aliphatic hydroxyl groups is 1. The van der Waals surface area contributed by atoms with Gasteiger partial charge in [0.1, 0.15) is 11.5 Å². The second-order valence-corrected chi connectivity index (χ2v) is 8.48. The van der Waals surface area contributed by atoms with Crippen LogP contribution >= 0.6 is 0 Å². The minimum absolute atomic E-state index is 0.124. The van der Waals surface area contributed by atoms with Crippen molar-refractivity contribution < 1.29 is 29.2 Å². The zero-order valence-corrected chi connectivity index (χ0v) is 21.0. The summed E-state index contributed by atoms with van der Waals surface area (Å²) in [5.41, 5.74) is 1.30. The molecule has 192 valence electrons. The molecule has 1 aromatic carbocycles. The lowest BCUT2D eigenvalue weighted by molar-refractivity contribution is -0.384. The highest BCUT2D eigenvalue weighted by Crippen LogP contribution is 2.41. The number of non-ortho nitro benzene ring substituents is 1. The Balaban J connectivity index is 2.19. The number of ether oxygens (including phenoxy) is 1. The molecule has 0 spiro atoms. The summed E-state index contributed by atoms with van der Waals surface area (Å²) in [5, 5.41) is 22.5. The van der Waals surface area contributed by atoms with Crippen LogP contribution in [0.2, 0.25) is 0 Å². The van der Waals surface area contributed by atoms with Gasteiger partial charge < -0.3 is 24.6 Å². The number of benzene rings is 1. The number of H-pyrrole nitrogens is 1. The Morgan fingerprint density at radius 1 is 1.19 bits per heavy atom. The lowest BCUT2D eigenvalue weighted by Crippen LogP contribution is -2.38. The van der Waals surface area contributed by atoms with Gasteiger partial charge in [-0.05, 0) is 50.2 Å². The van der Waals surface area contributed by atoms with Gasteiger partial charge in [-0.3, -0.25) is 19.7 Å². The van der Waals surface area contributed by atoms with Gasteiger partial charge in [0.2, 0.25) is 0 Å². The molecule has 1 saturated heterocycles. The van der Waals surface area contributed by atoms with Crippen molar-refractivity contribution in [3.63, 3.8) is 0 Å². The summed E-state index contributed by atoms with van der Waals surface area (Å²) in [7, 11) is 1.23. The highest BCUT2D eigenvalue weighted by Gasteiger charge is 2.46. The van der Waals surface area contributed by atoms with E-state index in [4.69, 9.17) is 4.74 Å². The van der Waals surface area contributed by atoms with E-state index >= 15 is 0 Å². The highest BCUT2D eigenvalue weighted by molar-refractivity contribution is 6.46. The van der Waals surface area contributed by atoms with Gasteiger partial charge in [-0.1, -0.05) is 13.8 Å². The number of aryl methyl sites for hydroxylation is 1. The number of aliphatic hydroxyl groups excluding tert-OH is 1. The normalized spacial score (nSPS) is 17.2. The highest BCUT2D eigenvalue weighted by atomic mass is 16.6. The first-order chi connectivity index (χ1) is 17.1. The summed E-state index contributed by atoms with van der Waals surface area (Å²) in [4.78, 5) is 55.5. The van der Waals surface area contributed by atoms with Crippen LogP contribution in [-0.4, -0.2) is 75.8 Å². The van der Waals surface area contributed by atoms with E-state index in [-0.39, 0.29) is 29.1 Å². The molecule has 0 unspecified atom stereocenters. The molecule has 1 fully saturated rings. The Morgan fingerprint density at radius 3 is 2.33 bits per heavy atom. The molecule has 3 rings (SSSR count). The number of methoxy groups -OCH3 is 1. The van der Waals surface area contributed by atoms with Crippen LogP contribution in [0, 0.1) is 24.0 Å². The van der Waals surface area contributed by atoms with E-state index in [0.29, 0.717) is 23.4 Å². The van der Waals surface area contributed by atoms with Gasteiger partial charge in [0.05, 0.1) is 23.6 Å². The minimum Gasteiger partial charge on any atom is -0.507 e. The largest absolute Gasteiger partial charge is 0.507 e. The van der Waals surface area contributed by atoms with Gasteiger partial charge in [-0.15, -0.1) is 0 Å². The topological polar surface area (TPSA) is 146 Å². The van der Waals surface area contributed by atoms with E-state index in [1.807, 2.05) is 13.8 Å². The maximum Gasteiger partial charge on any atom is 0.354 e. The number of nitrogens with one attached hydrogen (secondary N) is 1. The predicted octanol–water partition coefficient (Wildman–Crippen LogP) is 3.09. The third-order valence-corrected chi connectivity index (χ3v) is 6.57. The summed E-state index contributed by atoms with van der Waals surface area (Å²) in [5.74, 6) is -2.70. The Hall–Kier alpha value is -3.99. The summed E-state index contributed by atoms with van der Waals surface area (Å²) in [6.45, 7) is 9.42. The number of carbonyl (C=O) groups is 3. The van der Waals surface area contributed by atoms with Crippen molar-refractivity contribution in [2.24, 2.45) is 0 Å². The number of likely N-dealkylation sites (N-methyl/N-ethyl adjacent to an activating group) is 1. The van der Waals surface area contributed by atoms with Gasteiger partial charge in [-0.2, -0.15) is 0 Å². The number of hydrogen-bond acceptors (Lipinski definition) is 8. The molecule has 2 N–H and O–H groups in total. The molecule has 1 aliphatic rings. The zero-order chi connectivity index (χ0) is 26.7. The SMILES string of the molecule is CCN(CC)CCN1C(=O)C(=O)C(=C(O)c2c(C)[nH]c(C(=O)OC)c2C)[C@@H]1c1ccc([N+](=O)[O-])cc1. The average molecular weight is 499 g/mol. The molecule has 11 nitrogen and oxygen atoms in total. The standard InChI is InChI=1S/C25H30N4O7/c1-6-27(7-2)12-13-28-21(16-8-10-17(11-9-16)29(34)35)19(23(31)24(28)32)22(30)18-14(3)20(25(33)36-5)26-15(18)4/h8-11,21,26,30H,6-7,12-13H2,1-5H3/t21-/m0/s1. The predicted molar refractivity (Wildman–Crippen MR) is 132 cm³/mol. The van der Waals surface area contributed by atoms with Crippen LogP contribution in [-0.2, 0) is 14.3 Å². The number of nitrogens with zero attached hydrogens (tertiary/aromatic N) is 3. The van der Waals surface area contributed by atoms with E-state index in [0.717, 1.165) is 13.1 Å². The molecule has 0 saturated carbocycles. The number of amides is 1. The van der Waals surface area contributed by atoms with Crippen molar-refractivity contribution in [3.8, 4) is 0 Å². The smallest absolute Gasteiger partial charge is 0.354 e. The molecule has 36 heavy (non-hydrogen) atoms. The van der Waals surface area contributed by atoms with Gasteiger partial charge in [0, 0.05) is 36.5 Å². The fraction of sp³-hybridized carbons (Fsp3) is 0.400. The van der Waals surface area contributed by atoms with Crippen molar-refractivity contribution in [1.82, 2.24) is 14.8 Å². The van der Waals surface area contributed by atoms with E-state index < -0.39 is 34.4 Å². The van der Waals surface area contributed by atoms with E-state index in [1.165, 1.54) is 36.3 Å². The maximum absolute atomic E-state index is 13.3. The number of nitro groups is 1. The van der Waals surface area contributed by atoms with Gasteiger partial charge in [0.15, 0.2) is 0 Å². The monoisotopic (exact) mass is 498 g/mol. The fourth-order valence-corrected chi connectivity index (χ4v) is 4.57. The Kier molecular flexibility index (Phi) is 7.93. The quantitative estimate of drug-likeness (QED) is 0.134. The van der Waals surface area contributed by atoms with Crippen LogP contribution in [0.5, 0.6) is 0 Å². The molecular formula is C25H30N4O7. The number of likely N-dealkylation sites (tertiary alicyclic amines) is 1. The summed E-state index contributed by atoms with van der Waals surface area (Å²) >= 11 is 0. The third kappa shape index (κ3) is 4.74. The summed E-state index contributed by atoms with van der Waals surface area (Å²) in [6.07, 6.45) is 0. The van der Waals surface area contributed by atoms with Crippen LogP contribution in [0.3, 0.4) is 0 Å². The minimum atomic E-state index is -0.961. The second kappa shape index (κ2) is 10.7. The summed E-state index contributed by atoms with van der Waals surface area (Å²) < 4.78 is 4.79.